The predicted molar refractivity (Wildman–Crippen MR) is 71.1 cm³/mol. The first-order valence-corrected chi connectivity index (χ1v) is 7.65. The van der Waals surface area contributed by atoms with Crippen molar-refractivity contribution >= 4 is 27.3 Å². The molecule has 0 aromatic carbocycles. The summed E-state index contributed by atoms with van der Waals surface area (Å²) in [6.07, 6.45) is 1.84. The van der Waals surface area contributed by atoms with Crippen LogP contribution in [0.4, 0.5) is 11.5 Å². The minimum absolute atomic E-state index is 0.000650. The SMILES string of the molecule is Nc1cnc(N2CCCS(=O)(=O)CC2)c(C(=O)O)c1. The number of carbonyl (C=O) groups is 1. The lowest BCUT2D eigenvalue weighted by Crippen LogP contribution is -2.29. The summed E-state index contributed by atoms with van der Waals surface area (Å²) >= 11 is 0. The van der Waals surface area contributed by atoms with Crippen LogP contribution in [0.3, 0.4) is 0 Å². The summed E-state index contributed by atoms with van der Waals surface area (Å²) in [5.41, 5.74) is 5.80. The number of aromatic nitrogens is 1. The van der Waals surface area contributed by atoms with Crippen LogP contribution in [0.25, 0.3) is 0 Å². The predicted octanol–water partition coefficient (Wildman–Crippen LogP) is -0.0131. The largest absolute Gasteiger partial charge is 0.478 e. The van der Waals surface area contributed by atoms with Gasteiger partial charge in [-0.1, -0.05) is 0 Å². The highest BCUT2D eigenvalue weighted by Gasteiger charge is 2.23. The second kappa shape index (κ2) is 5.04. The molecule has 1 aromatic rings. The molecule has 19 heavy (non-hydrogen) atoms. The van der Waals surface area contributed by atoms with Gasteiger partial charge in [-0.2, -0.15) is 0 Å². The maximum absolute atomic E-state index is 11.5. The molecule has 7 nitrogen and oxygen atoms in total. The third kappa shape index (κ3) is 3.14. The van der Waals surface area contributed by atoms with Crippen molar-refractivity contribution in [3.05, 3.63) is 17.8 Å². The van der Waals surface area contributed by atoms with E-state index in [-0.39, 0.29) is 35.1 Å². The molecule has 8 heteroatoms. The van der Waals surface area contributed by atoms with Crippen molar-refractivity contribution in [1.82, 2.24) is 4.98 Å². The Morgan fingerprint density at radius 1 is 1.37 bits per heavy atom. The summed E-state index contributed by atoms with van der Waals surface area (Å²) in [5, 5.41) is 9.15. The molecule has 3 N–H and O–H groups in total. The van der Waals surface area contributed by atoms with Gasteiger partial charge in [0.25, 0.3) is 0 Å². The van der Waals surface area contributed by atoms with E-state index in [4.69, 9.17) is 10.8 Å². The van der Waals surface area contributed by atoms with Gasteiger partial charge in [0.2, 0.25) is 0 Å². The molecule has 104 valence electrons. The highest BCUT2D eigenvalue weighted by Crippen LogP contribution is 2.21. The molecule has 1 saturated heterocycles. The van der Waals surface area contributed by atoms with Crippen LogP contribution < -0.4 is 10.6 Å². The molecule has 0 aliphatic carbocycles. The second-order valence-electron chi connectivity index (χ2n) is 4.44. The van der Waals surface area contributed by atoms with Crippen molar-refractivity contribution in [2.75, 3.05) is 35.2 Å². The Bertz CT molecular complexity index is 600. The van der Waals surface area contributed by atoms with E-state index in [1.165, 1.54) is 12.3 Å². The molecule has 0 atom stereocenters. The molecule has 0 amide bonds. The maximum atomic E-state index is 11.5. The zero-order valence-electron chi connectivity index (χ0n) is 10.2. The van der Waals surface area contributed by atoms with Crippen LogP contribution in [0.1, 0.15) is 16.8 Å². The first-order valence-electron chi connectivity index (χ1n) is 5.83. The average molecular weight is 285 g/mol. The fourth-order valence-electron chi connectivity index (χ4n) is 2.03. The van der Waals surface area contributed by atoms with Crippen molar-refractivity contribution < 1.29 is 18.3 Å². The Kier molecular flexibility index (Phi) is 3.61. The standard InChI is InChI=1S/C11H15N3O4S/c12-8-6-9(11(15)16)10(13-7-8)14-2-1-4-19(17,18)5-3-14/h6-7H,1-5,12H2,(H,15,16). The normalized spacial score (nSPS) is 18.8. The first-order chi connectivity index (χ1) is 8.89. The molecule has 0 radical (unpaired) electrons. The van der Waals surface area contributed by atoms with Gasteiger partial charge in [0.1, 0.15) is 11.4 Å². The van der Waals surface area contributed by atoms with Crippen molar-refractivity contribution in [2.45, 2.75) is 6.42 Å². The fourth-order valence-corrected chi connectivity index (χ4v) is 3.30. The number of carboxylic acids is 1. The number of pyridine rings is 1. The van der Waals surface area contributed by atoms with E-state index in [1.807, 2.05) is 0 Å². The van der Waals surface area contributed by atoms with Gasteiger partial charge in [-0.05, 0) is 12.5 Å². The van der Waals surface area contributed by atoms with Crippen LogP contribution >= 0.6 is 0 Å². The first kappa shape index (κ1) is 13.6. The summed E-state index contributed by atoms with van der Waals surface area (Å²) in [4.78, 5) is 16.9. The monoisotopic (exact) mass is 285 g/mol. The van der Waals surface area contributed by atoms with Crippen molar-refractivity contribution in [1.29, 1.82) is 0 Å². The van der Waals surface area contributed by atoms with E-state index in [1.54, 1.807) is 4.90 Å². The molecule has 0 spiro atoms. The van der Waals surface area contributed by atoms with Gasteiger partial charge in [-0.25, -0.2) is 18.2 Å². The minimum atomic E-state index is -3.04. The highest BCUT2D eigenvalue weighted by molar-refractivity contribution is 7.91. The molecular formula is C11H15N3O4S. The van der Waals surface area contributed by atoms with Gasteiger partial charge in [-0.15, -0.1) is 0 Å². The Balaban J connectivity index is 2.34. The van der Waals surface area contributed by atoms with Crippen LogP contribution in [0.15, 0.2) is 12.3 Å². The molecule has 0 saturated carbocycles. The Morgan fingerprint density at radius 3 is 2.79 bits per heavy atom. The van der Waals surface area contributed by atoms with Gasteiger partial charge in [0.15, 0.2) is 9.84 Å². The molecule has 2 heterocycles. The average Bonchev–Trinajstić information content (AvgIpc) is 2.50. The summed E-state index contributed by atoms with van der Waals surface area (Å²) in [5.74, 6) is -0.709. The number of hydrogen-bond donors (Lipinski definition) is 2. The number of hydrogen-bond acceptors (Lipinski definition) is 6. The van der Waals surface area contributed by atoms with Crippen LogP contribution in [0, 0.1) is 0 Å². The third-order valence-corrected chi connectivity index (χ3v) is 4.69. The highest BCUT2D eigenvalue weighted by atomic mass is 32.2. The molecule has 0 bridgehead atoms. The Labute approximate surface area is 111 Å². The number of nitrogens with zero attached hydrogens (tertiary/aromatic N) is 2. The van der Waals surface area contributed by atoms with Crippen molar-refractivity contribution in [3.63, 3.8) is 0 Å². The third-order valence-electron chi connectivity index (χ3n) is 2.97. The van der Waals surface area contributed by atoms with E-state index in [0.717, 1.165) is 0 Å². The van der Waals surface area contributed by atoms with Gasteiger partial charge in [0.05, 0.1) is 23.4 Å². The van der Waals surface area contributed by atoms with Crippen LogP contribution in [-0.4, -0.2) is 49.1 Å². The van der Waals surface area contributed by atoms with Crippen molar-refractivity contribution in [3.8, 4) is 0 Å². The summed E-state index contributed by atoms with van der Waals surface area (Å²) in [7, 11) is -3.04. The van der Waals surface area contributed by atoms with E-state index < -0.39 is 15.8 Å². The van der Waals surface area contributed by atoms with Crippen LogP contribution in [0.2, 0.25) is 0 Å². The maximum Gasteiger partial charge on any atom is 0.339 e. The van der Waals surface area contributed by atoms with Gasteiger partial charge >= 0.3 is 5.97 Å². The van der Waals surface area contributed by atoms with E-state index >= 15 is 0 Å². The van der Waals surface area contributed by atoms with Crippen LogP contribution in [-0.2, 0) is 9.84 Å². The minimum Gasteiger partial charge on any atom is -0.478 e. The smallest absolute Gasteiger partial charge is 0.339 e. The number of nitrogen functional groups attached to an aromatic ring is 1. The summed E-state index contributed by atoms with van der Waals surface area (Å²) < 4.78 is 23.1. The van der Waals surface area contributed by atoms with Gasteiger partial charge < -0.3 is 15.7 Å². The molecule has 0 unspecified atom stereocenters. The van der Waals surface area contributed by atoms with E-state index in [9.17, 15) is 13.2 Å². The van der Waals surface area contributed by atoms with Crippen molar-refractivity contribution in [2.24, 2.45) is 0 Å². The molecule has 1 aromatic heterocycles. The lowest BCUT2D eigenvalue weighted by molar-refractivity contribution is 0.0697. The Hall–Kier alpha value is -1.83. The molecule has 1 aliphatic heterocycles. The number of anilines is 2. The number of aromatic carboxylic acids is 1. The molecule has 1 aliphatic rings. The number of sulfone groups is 1. The zero-order chi connectivity index (χ0) is 14.0. The zero-order valence-corrected chi connectivity index (χ0v) is 11.1. The molecule has 2 rings (SSSR count). The van der Waals surface area contributed by atoms with Gasteiger partial charge in [-0.3, -0.25) is 0 Å². The topological polar surface area (TPSA) is 114 Å². The summed E-state index contributed by atoms with van der Waals surface area (Å²) in [6, 6.07) is 1.34. The lowest BCUT2D eigenvalue weighted by atomic mass is 10.2. The quantitative estimate of drug-likeness (QED) is 0.785. The van der Waals surface area contributed by atoms with E-state index in [2.05, 4.69) is 4.98 Å². The fraction of sp³-hybridized carbons (Fsp3) is 0.455. The molecular weight excluding hydrogens is 270 g/mol. The number of nitrogens with two attached hydrogens (primary N) is 1. The lowest BCUT2D eigenvalue weighted by Gasteiger charge is -2.22. The molecule has 1 fully saturated rings. The van der Waals surface area contributed by atoms with E-state index in [0.29, 0.717) is 13.0 Å². The summed E-state index contributed by atoms with van der Waals surface area (Å²) in [6.45, 7) is 0.718. The number of carboxylic acid groups (broad SMARTS) is 1. The van der Waals surface area contributed by atoms with Gasteiger partial charge in [0, 0.05) is 13.1 Å². The van der Waals surface area contributed by atoms with Crippen LogP contribution in [0.5, 0.6) is 0 Å². The number of rotatable bonds is 2. The Morgan fingerprint density at radius 2 is 2.11 bits per heavy atom. The second-order valence-corrected chi connectivity index (χ2v) is 6.74.